The SMILES string of the molecule is C#CCCCC(NCC)c1cc(CC)nn1CC. The molecule has 1 N–H and O–H groups in total. The molecule has 1 aromatic heterocycles. The number of hydrogen-bond acceptors (Lipinski definition) is 2. The summed E-state index contributed by atoms with van der Waals surface area (Å²) in [5, 5.41) is 8.16. The Bertz CT molecular complexity index is 387. The molecule has 1 atom stereocenters. The van der Waals surface area contributed by atoms with E-state index in [1.807, 2.05) is 0 Å². The quantitative estimate of drug-likeness (QED) is 0.565. The number of terminal acetylenes is 1. The molecule has 0 saturated carbocycles. The van der Waals surface area contributed by atoms with Crippen molar-refractivity contribution in [1.29, 1.82) is 0 Å². The summed E-state index contributed by atoms with van der Waals surface area (Å²) in [6, 6.07) is 2.60. The smallest absolute Gasteiger partial charge is 0.0625 e. The van der Waals surface area contributed by atoms with Gasteiger partial charge in [-0.1, -0.05) is 13.8 Å². The first-order valence-corrected chi connectivity index (χ1v) is 7.00. The van der Waals surface area contributed by atoms with E-state index in [-0.39, 0.29) is 0 Å². The molecule has 0 spiro atoms. The van der Waals surface area contributed by atoms with Gasteiger partial charge in [0.1, 0.15) is 0 Å². The molecule has 0 aromatic carbocycles. The topological polar surface area (TPSA) is 29.9 Å². The summed E-state index contributed by atoms with van der Waals surface area (Å²) in [7, 11) is 0. The highest BCUT2D eigenvalue weighted by Gasteiger charge is 2.16. The summed E-state index contributed by atoms with van der Waals surface area (Å²) in [5.74, 6) is 2.71. The van der Waals surface area contributed by atoms with Gasteiger partial charge in [0.25, 0.3) is 0 Å². The van der Waals surface area contributed by atoms with E-state index in [1.165, 1.54) is 11.4 Å². The maximum Gasteiger partial charge on any atom is 0.0625 e. The fourth-order valence-electron chi connectivity index (χ4n) is 2.20. The van der Waals surface area contributed by atoms with Crippen LogP contribution < -0.4 is 5.32 Å². The van der Waals surface area contributed by atoms with Gasteiger partial charge in [-0.15, -0.1) is 12.3 Å². The van der Waals surface area contributed by atoms with Crippen LogP contribution in [0.2, 0.25) is 0 Å². The molecule has 0 bridgehead atoms. The minimum atomic E-state index is 0.371. The zero-order chi connectivity index (χ0) is 13.4. The number of unbranched alkanes of at least 4 members (excludes halogenated alkanes) is 1. The van der Waals surface area contributed by atoms with Crippen molar-refractivity contribution >= 4 is 0 Å². The van der Waals surface area contributed by atoms with Gasteiger partial charge < -0.3 is 5.32 Å². The van der Waals surface area contributed by atoms with Gasteiger partial charge in [-0.05, 0) is 38.8 Å². The number of aryl methyl sites for hydroxylation is 2. The number of nitrogens with one attached hydrogen (secondary N) is 1. The van der Waals surface area contributed by atoms with Crippen molar-refractivity contribution < 1.29 is 0 Å². The largest absolute Gasteiger partial charge is 0.309 e. The molecule has 1 unspecified atom stereocenters. The zero-order valence-corrected chi connectivity index (χ0v) is 11.9. The first-order valence-electron chi connectivity index (χ1n) is 7.00. The number of aromatic nitrogens is 2. The Morgan fingerprint density at radius 2 is 2.22 bits per heavy atom. The fourth-order valence-corrected chi connectivity index (χ4v) is 2.20. The Morgan fingerprint density at radius 1 is 1.44 bits per heavy atom. The van der Waals surface area contributed by atoms with Crippen molar-refractivity contribution in [3.8, 4) is 12.3 Å². The molecule has 0 fully saturated rings. The first-order chi connectivity index (χ1) is 8.76. The second kappa shape index (κ2) is 7.94. The second-order valence-corrected chi connectivity index (χ2v) is 4.44. The number of hydrogen-bond donors (Lipinski definition) is 1. The molecule has 0 aliphatic rings. The highest BCUT2D eigenvalue weighted by Crippen LogP contribution is 2.21. The van der Waals surface area contributed by atoms with E-state index in [0.717, 1.165) is 38.8 Å². The molecule has 3 nitrogen and oxygen atoms in total. The van der Waals surface area contributed by atoms with Crippen LogP contribution in [0.5, 0.6) is 0 Å². The molecule has 1 heterocycles. The van der Waals surface area contributed by atoms with E-state index in [1.54, 1.807) is 0 Å². The van der Waals surface area contributed by atoms with Crippen LogP contribution in [0.4, 0.5) is 0 Å². The summed E-state index contributed by atoms with van der Waals surface area (Å²) in [5.41, 5.74) is 2.47. The number of rotatable bonds is 8. The third-order valence-electron chi connectivity index (χ3n) is 3.14. The van der Waals surface area contributed by atoms with Crippen molar-refractivity contribution in [3.63, 3.8) is 0 Å². The molecular formula is C15H25N3. The molecule has 0 aliphatic heterocycles. The van der Waals surface area contributed by atoms with E-state index < -0.39 is 0 Å². The van der Waals surface area contributed by atoms with Gasteiger partial charge in [-0.3, -0.25) is 4.68 Å². The van der Waals surface area contributed by atoms with Crippen molar-refractivity contribution in [2.75, 3.05) is 6.54 Å². The lowest BCUT2D eigenvalue weighted by Crippen LogP contribution is -2.23. The third kappa shape index (κ3) is 3.89. The molecule has 0 saturated heterocycles. The Balaban J connectivity index is 2.82. The van der Waals surface area contributed by atoms with Gasteiger partial charge in [0.2, 0.25) is 0 Å². The molecule has 0 radical (unpaired) electrons. The first kappa shape index (κ1) is 14.8. The zero-order valence-electron chi connectivity index (χ0n) is 11.9. The van der Waals surface area contributed by atoms with Crippen LogP contribution in [-0.4, -0.2) is 16.3 Å². The Kier molecular flexibility index (Phi) is 6.53. The van der Waals surface area contributed by atoms with Crippen LogP contribution in [0.15, 0.2) is 6.07 Å². The van der Waals surface area contributed by atoms with Gasteiger partial charge in [0.15, 0.2) is 0 Å². The van der Waals surface area contributed by atoms with Gasteiger partial charge in [0, 0.05) is 19.0 Å². The highest BCUT2D eigenvalue weighted by molar-refractivity contribution is 5.14. The van der Waals surface area contributed by atoms with E-state index in [9.17, 15) is 0 Å². The summed E-state index contributed by atoms with van der Waals surface area (Å²) in [4.78, 5) is 0. The van der Waals surface area contributed by atoms with Crippen LogP contribution in [0, 0.1) is 12.3 Å². The van der Waals surface area contributed by atoms with Crippen LogP contribution >= 0.6 is 0 Å². The summed E-state index contributed by atoms with van der Waals surface area (Å²) < 4.78 is 2.11. The second-order valence-electron chi connectivity index (χ2n) is 4.44. The highest BCUT2D eigenvalue weighted by atomic mass is 15.3. The molecular weight excluding hydrogens is 222 g/mol. The summed E-state index contributed by atoms with van der Waals surface area (Å²) >= 11 is 0. The minimum Gasteiger partial charge on any atom is -0.309 e. The molecule has 1 aromatic rings. The Labute approximate surface area is 111 Å². The van der Waals surface area contributed by atoms with Crippen molar-refractivity contribution in [3.05, 3.63) is 17.5 Å². The summed E-state index contributed by atoms with van der Waals surface area (Å²) in [6.45, 7) is 8.32. The van der Waals surface area contributed by atoms with Crippen LogP contribution in [0.1, 0.15) is 57.5 Å². The van der Waals surface area contributed by atoms with Gasteiger partial charge in [0.05, 0.1) is 11.4 Å². The van der Waals surface area contributed by atoms with Crippen LogP contribution in [0.25, 0.3) is 0 Å². The predicted molar refractivity (Wildman–Crippen MR) is 76.4 cm³/mol. The van der Waals surface area contributed by atoms with Gasteiger partial charge >= 0.3 is 0 Å². The van der Waals surface area contributed by atoms with Gasteiger partial charge in [-0.2, -0.15) is 5.10 Å². The predicted octanol–water partition coefficient (Wildman–Crippen LogP) is 2.92. The van der Waals surface area contributed by atoms with Crippen LogP contribution in [0.3, 0.4) is 0 Å². The van der Waals surface area contributed by atoms with E-state index in [4.69, 9.17) is 6.42 Å². The van der Waals surface area contributed by atoms with Crippen molar-refractivity contribution in [2.45, 2.75) is 59.0 Å². The molecule has 3 heteroatoms. The maximum absolute atomic E-state index is 5.32. The lowest BCUT2D eigenvalue weighted by atomic mass is 10.1. The van der Waals surface area contributed by atoms with Gasteiger partial charge in [-0.25, -0.2) is 0 Å². The Morgan fingerprint density at radius 3 is 2.78 bits per heavy atom. The molecule has 18 heavy (non-hydrogen) atoms. The maximum atomic E-state index is 5.32. The van der Waals surface area contributed by atoms with E-state index in [0.29, 0.717) is 6.04 Å². The third-order valence-corrected chi connectivity index (χ3v) is 3.14. The van der Waals surface area contributed by atoms with E-state index >= 15 is 0 Å². The average molecular weight is 247 g/mol. The molecule has 100 valence electrons. The molecule has 1 rings (SSSR count). The number of nitrogens with zero attached hydrogens (tertiary/aromatic N) is 2. The minimum absolute atomic E-state index is 0.371. The Hall–Kier alpha value is -1.27. The van der Waals surface area contributed by atoms with Crippen molar-refractivity contribution in [2.24, 2.45) is 0 Å². The average Bonchev–Trinajstić information content (AvgIpc) is 2.81. The monoisotopic (exact) mass is 247 g/mol. The lowest BCUT2D eigenvalue weighted by Gasteiger charge is -2.18. The van der Waals surface area contributed by atoms with Crippen LogP contribution in [-0.2, 0) is 13.0 Å². The molecule has 0 amide bonds. The standard InChI is InChI=1S/C15H25N3/c1-5-9-10-11-14(16-7-3)15-12-13(6-2)17-18(15)8-4/h1,12,14,16H,6-11H2,2-4H3. The van der Waals surface area contributed by atoms with E-state index in [2.05, 4.69) is 47.9 Å². The molecule has 0 aliphatic carbocycles. The summed E-state index contributed by atoms with van der Waals surface area (Å²) in [6.07, 6.45) is 9.30. The lowest BCUT2D eigenvalue weighted by molar-refractivity contribution is 0.457. The fraction of sp³-hybridized carbons (Fsp3) is 0.667. The van der Waals surface area contributed by atoms with Crippen molar-refractivity contribution in [1.82, 2.24) is 15.1 Å². The normalized spacial score (nSPS) is 12.3.